The molecule has 16 heteroatoms. The van der Waals surface area contributed by atoms with E-state index in [1.165, 1.54) is 12.1 Å². The normalized spacial score (nSPS) is 24.8. The third-order valence-electron chi connectivity index (χ3n) is 5.37. The van der Waals surface area contributed by atoms with Gasteiger partial charge in [0.15, 0.2) is 12.3 Å². The first-order valence-corrected chi connectivity index (χ1v) is 14.6. The third-order valence-corrected chi connectivity index (χ3v) is 8.57. The number of esters is 1. The highest BCUT2D eigenvalue weighted by Gasteiger charge is 2.49. The van der Waals surface area contributed by atoms with E-state index in [2.05, 4.69) is 4.31 Å². The molecule has 1 aliphatic heterocycles. The van der Waals surface area contributed by atoms with Gasteiger partial charge in [-0.15, -0.1) is 0 Å². The molecule has 1 saturated heterocycles. The highest BCUT2D eigenvalue weighted by molar-refractivity contribution is 7.64. The van der Waals surface area contributed by atoms with Crippen LogP contribution in [0.1, 0.15) is 42.8 Å². The van der Waals surface area contributed by atoms with E-state index in [9.17, 15) is 38.4 Å². The van der Waals surface area contributed by atoms with E-state index in [0.29, 0.717) is 12.8 Å². The number of hydrogen-bond donors (Lipinski definition) is 4. The van der Waals surface area contributed by atoms with E-state index in [0.717, 1.165) is 23.3 Å². The molecular weight excluding hydrogens is 534 g/mol. The minimum atomic E-state index is -5.07. The second-order valence-electron chi connectivity index (χ2n) is 8.22. The molecule has 3 unspecified atom stereocenters. The van der Waals surface area contributed by atoms with Crippen LogP contribution < -0.4 is 11.2 Å². The zero-order valence-corrected chi connectivity index (χ0v) is 21.5. The molecule has 37 heavy (non-hydrogen) atoms. The van der Waals surface area contributed by atoms with Crippen molar-refractivity contribution in [3.63, 3.8) is 0 Å². The molecule has 0 saturated carbocycles. The van der Waals surface area contributed by atoms with E-state index < -0.39 is 63.8 Å². The van der Waals surface area contributed by atoms with Crippen LogP contribution in [0.25, 0.3) is 0 Å². The predicted octanol–water partition coefficient (Wildman–Crippen LogP) is 1.53. The number of phosphoric acid groups is 1. The van der Waals surface area contributed by atoms with Gasteiger partial charge in [-0.1, -0.05) is 38.0 Å². The predicted molar refractivity (Wildman–Crippen MR) is 128 cm³/mol. The zero-order chi connectivity index (χ0) is 27.2. The van der Waals surface area contributed by atoms with Gasteiger partial charge in [0.25, 0.3) is 5.56 Å². The van der Waals surface area contributed by atoms with Crippen LogP contribution in [0.3, 0.4) is 0 Å². The van der Waals surface area contributed by atoms with Gasteiger partial charge in [-0.3, -0.25) is 23.4 Å². The lowest BCUT2D eigenvalue weighted by Gasteiger charge is -2.22. The molecule has 3 rings (SSSR count). The standard InChI is InChI=1S/C21H28N2O12P2/c1-2-3-7-12-36(28,29)35-37(30,31)32-13-15-17(25)18(34-20(26)14-8-5-4-6-9-14)19(33-15)23-11-10-16(24)22-21(23)27/h4-6,8-11,15,17-19,25H,2-3,7,12-13H2,1H3,(H,28,29)(H,30,31)(H,22,24,27)/t15-,17+,18?,19-/m1/s1. The Morgan fingerprint density at radius 1 is 1.14 bits per heavy atom. The Labute approximate surface area is 210 Å². The van der Waals surface area contributed by atoms with E-state index >= 15 is 0 Å². The van der Waals surface area contributed by atoms with Crippen LogP contribution in [0.5, 0.6) is 0 Å². The minimum Gasteiger partial charge on any atom is -0.451 e. The van der Waals surface area contributed by atoms with Gasteiger partial charge in [0.1, 0.15) is 12.2 Å². The summed E-state index contributed by atoms with van der Waals surface area (Å²) in [6.45, 7) is 1.03. The van der Waals surface area contributed by atoms with Crippen molar-refractivity contribution in [1.29, 1.82) is 0 Å². The van der Waals surface area contributed by atoms with Crippen LogP contribution in [0.15, 0.2) is 52.2 Å². The van der Waals surface area contributed by atoms with Gasteiger partial charge in [-0.25, -0.2) is 18.5 Å². The molecule has 1 aromatic carbocycles. The molecule has 2 heterocycles. The molecule has 0 spiro atoms. The fourth-order valence-electron chi connectivity index (χ4n) is 3.56. The van der Waals surface area contributed by atoms with E-state index in [-0.39, 0.29) is 11.7 Å². The maximum Gasteiger partial charge on any atom is 0.479 e. The summed E-state index contributed by atoms with van der Waals surface area (Å²) in [6.07, 6.45) is -3.74. The van der Waals surface area contributed by atoms with Crippen LogP contribution in [0.2, 0.25) is 0 Å². The molecule has 1 fully saturated rings. The van der Waals surface area contributed by atoms with Crippen molar-refractivity contribution in [2.24, 2.45) is 0 Å². The van der Waals surface area contributed by atoms with Gasteiger partial charge in [0.2, 0.25) is 0 Å². The smallest absolute Gasteiger partial charge is 0.451 e. The van der Waals surface area contributed by atoms with Crippen LogP contribution in [-0.4, -0.2) is 61.5 Å². The van der Waals surface area contributed by atoms with Gasteiger partial charge in [-0.05, 0) is 18.6 Å². The van der Waals surface area contributed by atoms with Crippen molar-refractivity contribution in [2.45, 2.75) is 50.7 Å². The number of unbranched alkanes of at least 4 members (excludes halogenated alkanes) is 2. The van der Waals surface area contributed by atoms with Crippen LogP contribution in [-0.2, 0) is 27.4 Å². The molecule has 1 aromatic heterocycles. The van der Waals surface area contributed by atoms with Gasteiger partial charge in [0.05, 0.1) is 18.3 Å². The Kier molecular flexibility index (Phi) is 9.79. The molecule has 0 bridgehead atoms. The van der Waals surface area contributed by atoms with Gasteiger partial charge >= 0.3 is 27.1 Å². The number of nitrogens with zero attached hydrogens (tertiary/aromatic N) is 1. The summed E-state index contributed by atoms with van der Waals surface area (Å²) < 4.78 is 45.4. The number of carbonyl (C=O) groups excluding carboxylic acids is 1. The molecule has 4 N–H and O–H groups in total. The number of phosphoric ester groups is 1. The molecule has 0 radical (unpaired) electrons. The average molecular weight is 562 g/mol. The summed E-state index contributed by atoms with van der Waals surface area (Å²) in [6, 6.07) is 8.76. The number of rotatable bonds is 12. The van der Waals surface area contributed by atoms with Crippen LogP contribution >= 0.6 is 15.4 Å². The number of H-pyrrole nitrogens is 1. The monoisotopic (exact) mass is 562 g/mol. The SMILES string of the molecule is CCCCCP(=O)(O)OP(=O)(O)OC[C@H]1O[C@@H](n2ccc(=O)[nH]c2=O)C(OC(=O)c2ccccc2)[C@H]1O. The lowest BCUT2D eigenvalue weighted by Crippen LogP contribution is -2.40. The number of aromatic amines is 1. The first-order chi connectivity index (χ1) is 17.4. The van der Waals surface area contributed by atoms with E-state index in [1.54, 1.807) is 18.2 Å². The lowest BCUT2D eigenvalue weighted by molar-refractivity contribution is -0.0596. The van der Waals surface area contributed by atoms with Gasteiger partial charge in [0, 0.05) is 12.3 Å². The number of aliphatic hydroxyl groups is 1. The number of carbonyl (C=O) groups is 1. The fraction of sp³-hybridized carbons (Fsp3) is 0.476. The maximum atomic E-state index is 12.6. The summed E-state index contributed by atoms with van der Waals surface area (Å²) in [7, 11) is -9.52. The van der Waals surface area contributed by atoms with E-state index in [4.69, 9.17) is 14.0 Å². The van der Waals surface area contributed by atoms with Crippen molar-refractivity contribution in [2.75, 3.05) is 12.8 Å². The Morgan fingerprint density at radius 2 is 1.84 bits per heavy atom. The Balaban J connectivity index is 1.77. The molecule has 1 aliphatic rings. The second-order valence-corrected chi connectivity index (χ2v) is 11.8. The summed E-state index contributed by atoms with van der Waals surface area (Å²) in [5.41, 5.74) is -1.50. The summed E-state index contributed by atoms with van der Waals surface area (Å²) in [4.78, 5) is 58.2. The number of benzene rings is 1. The number of aliphatic hydroxyl groups excluding tert-OH is 1. The topological polar surface area (TPSA) is 204 Å². The van der Waals surface area contributed by atoms with Crippen molar-refractivity contribution < 1.29 is 47.1 Å². The number of aromatic nitrogens is 2. The van der Waals surface area contributed by atoms with Crippen molar-refractivity contribution in [3.05, 3.63) is 69.0 Å². The van der Waals surface area contributed by atoms with Crippen molar-refractivity contribution in [1.82, 2.24) is 9.55 Å². The molecular formula is C21H28N2O12P2. The Hall–Kier alpha value is -2.41. The van der Waals surface area contributed by atoms with Gasteiger partial charge in [-0.2, -0.15) is 0 Å². The highest BCUT2D eigenvalue weighted by Crippen LogP contribution is 2.60. The van der Waals surface area contributed by atoms with Crippen LogP contribution in [0.4, 0.5) is 0 Å². The fourth-order valence-corrected chi connectivity index (χ4v) is 6.32. The average Bonchev–Trinajstić information content (AvgIpc) is 3.12. The largest absolute Gasteiger partial charge is 0.479 e. The molecule has 14 nitrogen and oxygen atoms in total. The van der Waals surface area contributed by atoms with Crippen molar-refractivity contribution >= 4 is 21.4 Å². The quantitative estimate of drug-likeness (QED) is 0.165. The first kappa shape index (κ1) is 29.2. The highest BCUT2D eigenvalue weighted by atomic mass is 31.3. The van der Waals surface area contributed by atoms with Crippen LogP contribution in [0, 0.1) is 0 Å². The minimum absolute atomic E-state index is 0.136. The third kappa shape index (κ3) is 8.03. The Morgan fingerprint density at radius 3 is 2.49 bits per heavy atom. The van der Waals surface area contributed by atoms with Crippen molar-refractivity contribution in [3.8, 4) is 0 Å². The molecule has 6 atom stereocenters. The summed E-state index contributed by atoms with van der Waals surface area (Å²) in [5, 5.41) is 10.8. The second kappa shape index (κ2) is 12.4. The Bertz CT molecular complexity index is 1280. The molecule has 204 valence electrons. The maximum absolute atomic E-state index is 12.6. The summed E-state index contributed by atoms with van der Waals surface area (Å²) >= 11 is 0. The van der Waals surface area contributed by atoms with Gasteiger partial charge < -0.3 is 24.4 Å². The zero-order valence-electron chi connectivity index (χ0n) is 19.7. The molecule has 0 aliphatic carbocycles. The summed E-state index contributed by atoms with van der Waals surface area (Å²) in [5.74, 6) is -0.859. The number of nitrogens with one attached hydrogen (secondary N) is 1. The first-order valence-electron chi connectivity index (χ1n) is 11.3. The molecule has 0 amide bonds. The number of ether oxygens (including phenoxy) is 2. The van der Waals surface area contributed by atoms with E-state index in [1.807, 2.05) is 11.9 Å². The molecule has 2 aromatic rings. The lowest BCUT2D eigenvalue weighted by atomic mass is 10.1. The number of hydrogen-bond acceptors (Lipinski definition) is 10.